The van der Waals surface area contributed by atoms with E-state index in [1.54, 1.807) is 12.1 Å². The second-order valence-corrected chi connectivity index (χ2v) is 5.90. The Labute approximate surface area is 124 Å². The van der Waals surface area contributed by atoms with Gasteiger partial charge in [0.05, 0.1) is 0 Å². The predicted molar refractivity (Wildman–Crippen MR) is 79.0 cm³/mol. The van der Waals surface area contributed by atoms with Crippen LogP contribution in [-0.2, 0) is 4.79 Å². The zero-order valence-corrected chi connectivity index (χ0v) is 12.4. The Morgan fingerprint density at radius 3 is 2.38 bits per heavy atom. The molecule has 4 nitrogen and oxygen atoms in total. The lowest BCUT2D eigenvalue weighted by Gasteiger charge is -2.42. The summed E-state index contributed by atoms with van der Waals surface area (Å²) in [4.78, 5) is 13.8. The first-order valence-corrected chi connectivity index (χ1v) is 7.41. The third-order valence-corrected chi connectivity index (χ3v) is 4.76. The fourth-order valence-corrected chi connectivity index (χ4v) is 3.08. The maximum atomic E-state index is 13.0. The molecule has 0 spiro atoms. The Hall–Kier alpha value is -1.46. The van der Waals surface area contributed by atoms with Gasteiger partial charge in [-0.15, -0.1) is 0 Å². The summed E-state index contributed by atoms with van der Waals surface area (Å²) >= 11 is 0. The molecule has 1 aliphatic heterocycles. The number of rotatable bonds is 5. The molecule has 1 amide bonds. The standard InChI is InChI=1S/C16H23FN2O2/c1-2-16(11-20)7-9-19(10-8-16)14(15(18)21)12-3-5-13(17)6-4-12/h3-6,14,20H,2,7-11H2,1H3,(H2,18,21). The highest BCUT2D eigenvalue weighted by Crippen LogP contribution is 2.37. The molecule has 1 atom stereocenters. The van der Waals surface area contributed by atoms with Crippen LogP contribution in [0.5, 0.6) is 0 Å². The maximum Gasteiger partial charge on any atom is 0.239 e. The van der Waals surface area contributed by atoms with E-state index in [-0.39, 0.29) is 17.8 Å². The highest BCUT2D eigenvalue weighted by Gasteiger charge is 2.36. The third-order valence-electron chi connectivity index (χ3n) is 4.76. The summed E-state index contributed by atoms with van der Waals surface area (Å²) in [6, 6.07) is 5.38. The minimum atomic E-state index is -0.529. The summed E-state index contributed by atoms with van der Waals surface area (Å²) in [5.41, 5.74) is 6.23. The maximum absolute atomic E-state index is 13.0. The van der Waals surface area contributed by atoms with Gasteiger partial charge in [-0.1, -0.05) is 19.1 Å². The molecular weight excluding hydrogens is 271 g/mol. The number of hydrogen-bond acceptors (Lipinski definition) is 3. The number of carbonyl (C=O) groups is 1. The molecule has 1 aliphatic rings. The third kappa shape index (κ3) is 3.41. The van der Waals surface area contributed by atoms with Crippen molar-refractivity contribution >= 4 is 5.91 Å². The van der Waals surface area contributed by atoms with E-state index in [1.807, 2.05) is 4.90 Å². The van der Waals surface area contributed by atoms with Gasteiger partial charge in [-0.3, -0.25) is 9.69 Å². The zero-order chi connectivity index (χ0) is 15.5. The Morgan fingerprint density at radius 1 is 1.38 bits per heavy atom. The van der Waals surface area contributed by atoms with Crippen LogP contribution in [0.15, 0.2) is 24.3 Å². The number of nitrogens with two attached hydrogens (primary N) is 1. The van der Waals surface area contributed by atoms with Crippen molar-refractivity contribution in [3.63, 3.8) is 0 Å². The van der Waals surface area contributed by atoms with Crippen molar-refractivity contribution < 1.29 is 14.3 Å². The number of carbonyl (C=O) groups excluding carboxylic acids is 1. The van der Waals surface area contributed by atoms with Gasteiger partial charge in [-0.25, -0.2) is 4.39 Å². The van der Waals surface area contributed by atoms with Crippen molar-refractivity contribution in [3.8, 4) is 0 Å². The molecule has 1 saturated heterocycles. The number of amides is 1. The highest BCUT2D eigenvalue weighted by molar-refractivity contribution is 5.81. The molecule has 1 heterocycles. The van der Waals surface area contributed by atoms with E-state index in [0.29, 0.717) is 13.1 Å². The lowest BCUT2D eigenvalue weighted by Crippen LogP contribution is -2.46. The van der Waals surface area contributed by atoms with Gasteiger partial charge in [0.1, 0.15) is 11.9 Å². The van der Waals surface area contributed by atoms with E-state index in [1.165, 1.54) is 12.1 Å². The van der Waals surface area contributed by atoms with Crippen LogP contribution < -0.4 is 5.73 Å². The molecule has 2 rings (SSSR count). The lowest BCUT2D eigenvalue weighted by atomic mass is 9.76. The summed E-state index contributed by atoms with van der Waals surface area (Å²) in [5.74, 6) is -0.750. The molecule has 5 heteroatoms. The van der Waals surface area contributed by atoms with Crippen molar-refractivity contribution in [2.75, 3.05) is 19.7 Å². The average molecular weight is 294 g/mol. The molecule has 1 fully saturated rings. The first kappa shape index (κ1) is 15.9. The van der Waals surface area contributed by atoms with E-state index in [2.05, 4.69) is 6.92 Å². The Morgan fingerprint density at radius 2 is 1.95 bits per heavy atom. The van der Waals surface area contributed by atoms with E-state index in [9.17, 15) is 14.3 Å². The molecule has 0 bridgehead atoms. The summed E-state index contributed by atoms with van der Waals surface area (Å²) in [7, 11) is 0. The fraction of sp³-hybridized carbons (Fsp3) is 0.562. The Kier molecular flexibility index (Phi) is 4.96. The van der Waals surface area contributed by atoms with Gasteiger partial charge in [0.15, 0.2) is 0 Å². The molecule has 0 aliphatic carbocycles. The number of piperidine rings is 1. The normalized spacial score (nSPS) is 20.1. The van der Waals surface area contributed by atoms with Crippen molar-refractivity contribution in [2.45, 2.75) is 32.2 Å². The van der Waals surface area contributed by atoms with E-state index >= 15 is 0 Å². The van der Waals surface area contributed by atoms with Gasteiger partial charge in [0, 0.05) is 6.61 Å². The molecule has 116 valence electrons. The van der Waals surface area contributed by atoms with Gasteiger partial charge in [0.25, 0.3) is 0 Å². The van der Waals surface area contributed by atoms with E-state index < -0.39 is 11.9 Å². The van der Waals surface area contributed by atoms with Crippen molar-refractivity contribution in [1.82, 2.24) is 4.90 Å². The van der Waals surface area contributed by atoms with Crippen LogP contribution in [0.1, 0.15) is 37.8 Å². The first-order chi connectivity index (χ1) is 10.0. The first-order valence-electron chi connectivity index (χ1n) is 7.41. The Bertz CT molecular complexity index is 476. The van der Waals surface area contributed by atoms with Gasteiger partial charge >= 0.3 is 0 Å². The van der Waals surface area contributed by atoms with Crippen LogP contribution in [0, 0.1) is 11.2 Å². The van der Waals surface area contributed by atoms with Gasteiger partial charge in [-0.2, -0.15) is 0 Å². The van der Waals surface area contributed by atoms with Crippen molar-refractivity contribution in [2.24, 2.45) is 11.1 Å². The van der Waals surface area contributed by atoms with Crippen molar-refractivity contribution in [1.29, 1.82) is 0 Å². The predicted octanol–water partition coefficient (Wildman–Crippen LogP) is 1.84. The number of likely N-dealkylation sites (tertiary alicyclic amines) is 1. The minimum Gasteiger partial charge on any atom is -0.396 e. The number of aliphatic hydroxyl groups is 1. The molecule has 1 aromatic carbocycles. The minimum absolute atomic E-state index is 0.0402. The lowest BCUT2D eigenvalue weighted by molar-refractivity contribution is -0.124. The molecule has 3 N–H and O–H groups in total. The quantitative estimate of drug-likeness (QED) is 0.871. The topological polar surface area (TPSA) is 66.6 Å². The van der Waals surface area contributed by atoms with Gasteiger partial charge in [-0.05, 0) is 55.5 Å². The molecule has 1 aromatic rings. The zero-order valence-electron chi connectivity index (χ0n) is 12.4. The number of aliphatic hydroxyl groups excluding tert-OH is 1. The van der Waals surface area contributed by atoms with Crippen LogP contribution in [0.3, 0.4) is 0 Å². The largest absolute Gasteiger partial charge is 0.396 e. The second kappa shape index (κ2) is 6.54. The van der Waals surface area contributed by atoms with Crippen LogP contribution in [0.25, 0.3) is 0 Å². The SMILES string of the molecule is CCC1(CO)CCN(C(C(N)=O)c2ccc(F)cc2)CC1. The monoisotopic (exact) mass is 294 g/mol. The molecule has 21 heavy (non-hydrogen) atoms. The van der Waals surface area contributed by atoms with E-state index in [4.69, 9.17) is 5.73 Å². The van der Waals surface area contributed by atoms with Crippen LogP contribution in [0.2, 0.25) is 0 Å². The van der Waals surface area contributed by atoms with Crippen LogP contribution in [-0.4, -0.2) is 35.6 Å². The highest BCUT2D eigenvalue weighted by atomic mass is 19.1. The number of primary amides is 1. The summed E-state index contributed by atoms with van der Waals surface area (Å²) in [5, 5.41) is 9.57. The van der Waals surface area contributed by atoms with E-state index in [0.717, 1.165) is 24.8 Å². The summed E-state index contributed by atoms with van der Waals surface area (Å²) in [6.07, 6.45) is 2.60. The van der Waals surface area contributed by atoms with Crippen LogP contribution in [0.4, 0.5) is 4.39 Å². The average Bonchev–Trinajstić information content (AvgIpc) is 2.50. The molecule has 0 radical (unpaired) electrons. The second-order valence-electron chi connectivity index (χ2n) is 5.90. The van der Waals surface area contributed by atoms with Crippen LogP contribution >= 0.6 is 0 Å². The summed E-state index contributed by atoms with van der Waals surface area (Å²) < 4.78 is 13.0. The summed E-state index contributed by atoms with van der Waals surface area (Å²) in [6.45, 7) is 3.67. The van der Waals surface area contributed by atoms with Gasteiger partial charge in [0.2, 0.25) is 5.91 Å². The number of nitrogens with zero attached hydrogens (tertiary/aromatic N) is 1. The fourth-order valence-electron chi connectivity index (χ4n) is 3.08. The number of benzene rings is 1. The number of halogens is 1. The molecular formula is C16H23FN2O2. The van der Waals surface area contributed by atoms with Gasteiger partial charge < -0.3 is 10.8 Å². The number of hydrogen-bond donors (Lipinski definition) is 2. The molecule has 0 saturated carbocycles. The Balaban J connectivity index is 2.14. The smallest absolute Gasteiger partial charge is 0.239 e. The molecule has 1 unspecified atom stereocenters. The molecule has 0 aromatic heterocycles. The van der Waals surface area contributed by atoms with Crippen molar-refractivity contribution in [3.05, 3.63) is 35.6 Å².